The Balaban J connectivity index is 2.52. The second kappa shape index (κ2) is 6.31. The molecule has 0 fully saturated rings. The van der Waals surface area contributed by atoms with E-state index in [-0.39, 0.29) is 6.04 Å². The van der Waals surface area contributed by atoms with E-state index in [1.165, 1.54) is 11.5 Å². The van der Waals surface area contributed by atoms with Crippen LogP contribution in [0.4, 0.5) is 0 Å². The number of aromatic nitrogens is 2. The molecule has 1 unspecified atom stereocenters. The van der Waals surface area contributed by atoms with Crippen LogP contribution < -0.4 is 14.8 Å². The number of benzene rings is 1. The van der Waals surface area contributed by atoms with Crippen molar-refractivity contribution < 1.29 is 9.47 Å². The van der Waals surface area contributed by atoms with Crippen LogP contribution in [0.1, 0.15) is 17.3 Å². The van der Waals surface area contributed by atoms with Gasteiger partial charge < -0.3 is 14.8 Å². The van der Waals surface area contributed by atoms with Crippen LogP contribution in [0, 0.1) is 0 Å². The molecule has 19 heavy (non-hydrogen) atoms. The fourth-order valence-corrected chi connectivity index (χ4v) is 3.07. The molecule has 1 aromatic carbocycles. The van der Waals surface area contributed by atoms with Crippen molar-refractivity contribution in [2.45, 2.75) is 6.04 Å². The number of hydrogen-bond acceptors (Lipinski definition) is 6. The molecular formula is C12H14BrN3O2S. The molecule has 2 rings (SSSR count). The van der Waals surface area contributed by atoms with Gasteiger partial charge in [0, 0.05) is 10.9 Å². The number of rotatable bonds is 5. The molecule has 0 aliphatic carbocycles. The van der Waals surface area contributed by atoms with E-state index >= 15 is 0 Å². The summed E-state index contributed by atoms with van der Waals surface area (Å²) in [6, 6.07) is 3.78. The van der Waals surface area contributed by atoms with Gasteiger partial charge in [0.05, 0.1) is 26.0 Å². The summed E-state index contributed by atoms with van der Waals surface area (Å²) in [7, 11) is 5.13. The minimum Gasteiger partial charge on any atom is -0.495 e. The fraction of sp³-hybridized carbons (Fsp3) is 0.333. The zero-order valence-electron chi connectivity index (χ0n) is 10.8. The maximum Gasteiger partial charge on any atom is 0.141 e. The number of nitrogens with one attached hydrogen (secondary N) is 1. The van der Waals surface area contributed by atoms with Crippen LogP contribution in [0.3, 0.4) is 0 Å². The Morgan fingerprint density at radius 1 is 1.32 bits per heavy atom. The average Bonchev–Trinajstić information content (AvgIpc) is 2.94. The third-order valence-electron chi connectivity index (χ3n) is 2.79. The Labute approximate surface area is 124 Å². The van der Waals surface area contributed by atoms with E-state index in [1.54, 1.807) is 14.2 Å². The summed E-state index contributed by atoms with van der Waals surface area (Å²) in [5.41, 5.74) is 1.84. The molecule has 0 amide bonds. The first-order valence-corrected chi connectivity index (χ1v) is 7.20. The van der Waals surface area contributed by atoms with Crippen LogP contribution in [0.15, 0.2) is 22.0 Å². The molecule has 2 aromatic rings. The largest absolute Gasteiger partial charge is 0.495 e. The Kier molecular flexibility index (Phi) is 4.73. The highest BCUT2D eigenvalue weighted by Gasteiger charge is 2.22. The molecule has 1 N–H and O–H groups in total. The summed E-state index contributed by atoms with van der Waals surface area (Å²) in [6.45, 7) is 0. The van der Waals surface area contributed by atoms with Gasteiger partial charge in [0.2, 0.25) is 0 Å². The normalized spacial score (nSPS) is 12.2. The smallest absolute Gasteiger partial charge is 0.141 e. The minimum absolute atomic E-state index is 0.0732. The van der Waals surface area contributed by atoms with E-state index in [0.29, 0.717) is 0 Å². The number of hydrogen-bond donors (Lipinski definition) is 1. The van der Waals surface area contributed by atoms with E-state index in [9.17, 15) is 0 Å². The molecule has 0 spiro atoms. The summed E-state index contributed by atoms with van der Waals surface area (Å²) >= 11 is 4.83. The molecule has 0 aliphatic rings. The van der Waals surface area contributed by atoms with Crippen molar-refractivity contribution in [2.24, 2.45) is 0 Å². The number of halogens is 1. The van der Waals surface area contributed by atoms with Crippen LogP contribution in [-0.4, -0.2) is 30.9 Å². The molecule has 5 nitrogen and oxygen atoms in total. The van der Waals surface area contributed by atoms with Crippen LogP contribution in [-0.2, 0) is 0 Å². The average molecular weight is 344 g/mol. The van der Waals surface area contributed by atoms with Crippen LogP contribution in [0.2, 0.25) is 0 Å². The van der Waals surface area contributed by atoms with E-state index in [4.69, 9.17) is 9.47 Å². The molecule has 7 heteroatoms. The highest BCUT2D eigenvalue weighted by molar-refractivity contribution is 9.10. The lowest BCUT2D eigenvalue weighted by atomic mass is 10.0. The van der Waals surface area contributed by atoms with Crippen molar-refractivity contribution in [3.63, 3.8) is 0 Å². The van der Waals surface area contributed by atoms with Crippen LogP contribution in [0.25, 0.3) is 0 Å². The van der Waals surface area contributed by atoms with Crippen molar-refractivity contribution in [3.8, 4) is 11.5 Å². The Hall–Kier alpha value is -1.18. The maximum absolute atomic E-state index is 5.49. The summed E-state index contributed by atoms with van der Waals surface area (Å²) in [5.74, 6) is 1.46. The van der Waals surface area contributed by atoms with E-state index in [2.05, 4.69) is 30.8 Å². The van der Waals surface area contributed by atoms with Gasteiger partial charge in [-0.05, 0) is 46.6 Å². The van der Waals surface area contributed by atoms with Gasteiger partial charge in [-0.25, -0.2) is 0 Å². The highest BCUT2D eigenvalue weighted by Crippen LogP contribution is 2.40. The predicted molar refractivity (Wildman–Crippen MR) is 78.1 cm³/mol. The quantitative estimate of drug-likeness (QED) is 0.904. The SMILES string of the molecule is CNC(c1csnn1)c1ccc(OC)c(Br)c1OC. The zero-order valence-corrected chi connectivity index (χ0v) is 13.2. The second-order valence-corrected chi connectivity index (χ2v) is 5.16. The summed E-state index contributed by atoms with van der Waals surface area (Å²) in [4.78, 5) is 0. The van der Waals surface area contributed by atoms with E-state index in [0.717, 1.165) is 27.2 Å². The molecule has 0 saturated carbocycles. The van der Waals surface area contributed by atoms with Gasteiger partial charge >= 0.3 is 0 Å². The van der Waals surface area contributed by atoms with Gasteiger partial charge in [0.25, 0.3) is 0 Å². The van der Waals surface area contributed by atoms with Gasteiger partial charge in [0.1, 0.15) is 16.0 Å². The molecule has 1 aromatic heterocycles. The molecular weight excluding hydrogens is 330 g/mol. The van der Waals surface area contributed by atoms with Crippen molar-refractivity contribution in [3.05, 3.63) is 33.2 Å². The Bertz CT molecular complexity index is 548. The zero-order chi connectivity index (χ0) is 13.8. The van der Waals surface area contributed by atoms with Crippen LogP contribution >= 0.6 is 27.5 Å². The van der Waals surface area contributed by atoms with Gasteiger partial charge in [-0.2, -0.15) is 0 Å². The molecule has 102 valence electrons. The van der Waals surface area contributed by atoms with Gasteiger partial charge in [-0.1, -0.05) is 4.49 Å². The lowest BCUT2D eigenvalue weighted by Gasteiger charge is -2.19. The standard InChI is InChI=1S/C12H14BrN3O2S/c1-14-11(8-6-19-16-15-8)7-4-5-9(17-2)10(13)12(7)18-3/h4-6,11,14H,1-3H3. The third kappa shape index (κ3) is 2.72. The number of nitrogens with zero attached hydrogens (tertiary/aromatic N) is 2. The maximum atomic E-state index is 5.49. The van der Waals surface area contributed by atoms with Crippen molar-refractivity contribution in [2.75, 3.05) is 21.3 Å². The van der Waals surface area contributed by atoms with Gasteiger partial charge in [-0.15, -0.1) is 5.10 Å². The first-order chi connectivity index (χ1) is 9.22. The molecule has 1 atom stereocenters. The monoisotopic (exact) mass is 343 g/mol. The topological polar surface area (TPSA) is 56.3 Å². The van der Waals surface area contributed by atoms with E-state index < -0.39 is 0 Å². The first-order valence-electron chi connectivity index (χ1n) is 5.57. The third-order valence-corrected chi connectivity index (χ3v) is 4.06. The van der Waals surface area contributed by atoms with Gasteiger partial charge in [-0.3, -0.25) is 0 Å². The van der Waals surface area contributed by atoms with Crippen molar-refractivity contribution >= 4 is 27.5 Å². The first kappa shape index (κ1) is 14.2. The van der Waals surface area contributed by atoms with E-state index in [1.807, 2.05) is 24.6 Å². The molecule has 0 radical (unpaired) electrons. The highest BCUT2D eigenvalue weighted by atomic mass is 79.9. The number of methoxy groups -OCH3 is 2. The lowest BCUT2D eigenvalue weighted by Crippen LogP contribution is -2.19. The Morgan fingerprint density at radius 3 is 2.63 bits per heavy atom. The summed E-state index contributed by atoms with van der Waals surface area (Å²) < 4.78 is 15.5. The lowest BCUT2D eigenvalue weighted by molar-refractivity contribution is 0.383. The van der Waals surface area contributed by atoms with Crippen LogP contribution in [0.5, 0.6) is 11.5 Å². The minimum atomic E-state index is -0.0732. The molecule has 0 aliphatic heterocycles. The molecule has 1 heterocycles. The summed E-state index contributed by atoms with van der Waals surface area (Å²) in [6.07, 6.45) is 0. The van der Waals surface area contributed by atoms with Crippen molar-refractivity contribution in [1.29, 1.82) is 0 Å². The van der Waals surface area contributed by atoms with Gasteiger partial charge in [0.15, 0.2) is 0 Å². The van der Waals surface area contributed by atoms with Crippen molar-refractivity contribution in [1.82, 2.24) is 14.9 Å². The Morgan fingerprint density at radius 2 is 2.11 bits per heavy atom. The number of ether oxygens (including phenoxy) is 2. The summed E-state index contributed by atoms with van der Waals surface area (Å²) in [5, 5.41) is 9.25. The second-order valence-electron chi connectivity index (χ2n) is 3.76. The molecule has 0 saturated heterocycles. The predicted octanol–water partition coefficient (Wildman–Crippen LogP) is 2.63. The fourth-order valence-electron chi connectivity index (χ4n) is 1.91. The molecule has 0 bridgehead atoms.